The van der Waals surface area contributed by atoms with Gasteiger partial charge in [-0.2, -0.15) is 0 Å². The summed E-state index contributed by atoms with van der Waals surface area (Å²) in [4.78, 5) is 0. The summed E-state index contributed by atoms with van der Waals surface area (Å²) in [6.07, 6.45) is 0. The van der Waals surface area contributed by atoms with Gasteiger partial charge in [-0.05, 0) is 131 Å². The second-order valence-corrected chi connectivity index (χ2v) is 14.7. The quantitative estimate of drug-likeness (QED) is 0.163. The van der Waals surface area contributed by atoms with Gasteiger partial charge in [-0.25, -0.2) is 0 Å². The maximum Gasteiger partial charge on any atom is -0.00139 e. The minimum Gasteiger partial charge on any atom is -0.0616 e. The SMILES string of the molecule is c1ccc2c(c1)-c1cccc3c(-c4ccc5c6c4ccc4ccc7c(-c8cccc9c8ccc8ccc%10ccccc%10c89)ccc-5c7c46)ccc-2c13. The molecule has 0 atom stereocenters. The van der Waals surface area contributed by atoms with Crippen molar-refractivity contribution < 1.29 is 0 Å². The van der Waals surface area contributed by atoms with Crippen LogP contribution in [0, 0.1) is 0 Å². The molecule has 52 heavy (non-hydrogen) atoms. The van der Waals surface area contributed by atoms with Gasteiger partial charge in [0.15, 0.2) is 0 Å². The van der Waals surface area contributed by atoms with Crippen LogP contribution in [0.25, 0.3) is 131 Å². The Kier molecular flexibility index (Phi) is 4.94. The first-order chi connectivity index (χ1) is 25.8. The normalized spacial score (nSPS) is 12.6. The Morgan fingerprint density at radius 3 is 1.25 bits per heavy atom. The molecule has 2 aliphatic rings. The lowest BCUT2D eigenvalue weighted by molar-refractivity contribution is 1.69. The predicted molar refractivity (Wildman–Crippen MR) is 223 cm³/mol. The molecule has 0 N–H and O–H groups in total. The van der Waals surface area contributed by atoms with E-state index in [0.717, 1.165) is 0 Å². The van der Waals surface area contributed by atoms with Crippen LogP contribution in [-0.4, -0.2) is 0 Å². The molecule has 0 saturated carbocycles. The van der Waals surface area contributed by atoms with Gasteiger partial charge in [-0.1, -0.05) is 170 Å². The van der Waals surface area contributed by atoms with Gasteiger partial charge in [0.25, 0.3) is 0 Å². The largest absolute Gasteiger partial charge is 0.0616 e. The van der Waals surface area contributed by atoms with Crippen molar-refractivity contribution in [2.45, 2.75) is 0 Å². The Balaban J connectivity index is 1.07. The van der Waals surface area contributed by atoms with E-state index in [-0.39, 0.29) is 0 Å². The Hall–Kier alpha value is -6.76. The molecule has 0 amide bonds. The summed E-state index contributed by atoms with van der Waals surface area (Å²) in [5, 5.41) is 18.6. The van der Waals surface area contributed by atoms with E-state index in [9.17, 15) is 0 Å². The molecule has 0 saturated heterocycles. The Morgan fingerprint density at radius 1 is 0.154 bits per heavy atom. The first-order valence-electron chi connectivity index (χ1n) is 18.3. The third-order valence-electron chi connectivity index (χ3n) is 12.3. The Bertz CT molecular complexity index is 3420. The van der Waals surface area contributed by atoms with Crippen LogP contribution < -0.4 is 0 Å². The predicted octanol–water partition coefficient (Wildman–Crippen LogP) is 14.7. The molecule has 0 heterocycles. The molecule has 0 heteroatoms. The Labute approximate surface area is 299 Å². The van der Waals surface area contributed by atoms with E-state index in [1.165, 1.54) is 131 Å². The van der Waals surface area contributed by atoms with Gasteiger partial charge in [0.05, 0.1) is 0 Å². The summed E-state index contributed by atoms with van der Waals surface area (Å²) < 4.78 is 0. The van der Waals surface area contributed by atoms with Gasteiger partial charge in [-0.15, -0.1) is 0 Å². The molecule has 0 aliphatic heterocycles. The molecule has 2 aliphatic carbocycles. The summed E-state index contributed by atoms with van der Waals surface area (Å²) in [6.45, 7) is 0. The Morgan fingerprint density at radius 2 is 0.558 bits per heavy atom. The minimum atomic E-state index is 1.28. The summed E-state index contributed by atoms with van der Waals surface area (Å²) in [5.41, 5.74) is 13.2. The van der Waals surface area contributed by atoms with Crippen molar-refractivity contribution in [3.63, 3.8) is 0 Å². The molecule has 0 nitrogen and oxygen atoms in total. The van der Waals surface area contributed by atoms with E-state index in [1.807, 2.05) is 0 Å². The summed E-state index contributed by atoms with van der Waals surface area (Å²) in [6, 6.07) is 64.1. The monoisotopic (exact) mass is 652 g/mol. The van der Waals surface area contributed by atoms with Gasteiger partial charge in [-0.3, -0.25) is 0 Å². The highest BCUT2D eigenvalue weighted by Gasteiger charge is 2.26. The fourth-order valence-electron chi connectivity index (χ4n) is 10.2. The molecule has 13 rings (SSSR count). The van der Waals surface area contributed by atoms with E-state index >= 15 is 0 Å². The van der Waals surface area contributed by atoms with Gasteiger partial charge in [0.2, 0.25) is 0 Å². The van der Waals surface area contributed by atoms with Crippen LogP contribution in [-0.2, 0) is 0 Å². The first kappa shape index (κ1) is 27.0. The molecule has 11 aromatic rings. The van der Waals surface area contributed by atoms with Crippen molar-refractivity contribution >= 4 is 75.4 Å². The average molecular weight is 653 g/mol. The number of hydrogen-bond acceptors (Lipinski definition) is 0. The van der Waals surface area contributed by atoms with Crippen molar-refractivity contribution in [1.82, 2.24) is 0 Å². The van der Waals surface area contributed by atoms with E-state index in [1.54, 1.807) is 0 Å². The number of fused-ring (bicyclic) bond motifs is 9. The zero-order valence-corrected chi connectivity index (χ0v) is 28.2. The molecule has 0 aromatic heterocycles. The molecule has 11 aromatic carbocycles. The maximum atomic E-state index is 2.39. The molecular formula is C52H28. The molecular weight excluding hydrogens is 625 g/mol. The zero-order chi connectivity index (χ0) is 33.7. The molecule has 0 bridgehead atoms. The number of rotatable bonds is 2. The highest BCUT2D eigenvalue weighted by molar-refractivity contribution is 6.36. The van der Waals surface area contributed by atoms with Crippen LogP contribution >= 0.6 is 0 Å². The van der Waals surface area contributed by atoms with Gasteiger partial charge >= 0.3 is 0 Å². The smallest absolute Gasteiger partial charge is 0.00139 e. The van der Waals surface area contributed by atoms with Crippen LogP contribution in [0.3, 0.4) is 0 Å². The lowest BCUT2D eigenvalue weighted by Crippen LogP contribution is -1.87. The number of benzene rings is 11. The standard InChI is InChI=1S/C52H28/c1-2-8-32-29(7-1)15-16-30-17-20-36-33(11-5-12-40(36)48(30)32)37-24-27-46-47-28-25-39(45-22-19-31-18-21-44(37)51(46)49(31)52(45)47)38-23-26-43-35-10-4-3-9-34(35)41-13-6-14-42(38)50(41)43/h1-28H. The van der Waals surface area contributed by atoms with E-state index in [0.29, 0.717) is 0 Å². The van der Waals surface area contributed by atoms with Crippen LogP contribution in [0.4, 0.5) is 0 Å². The van der Waals surface area contributed by atoms with Crippen molar-refractivity contribution in [3.8, 4) is 55.6 Å². The lowest BCUT2D eigenvalue weighted by Gasteiger charge is -2.14. The second kappa shape index (κ2) is 9.51. The van der Waals surface area contributed by atoms with Crippen molar-refractivity contribution in [2.75, 3.05) is 0 Å². The fraction of sp³-hybridized carbons (Fsp3) is 0. The van der Waals surface area contributed by atoms with Crippen LogP contribution in [0.15, 0.2) is 170 Å². The van der Waals surface area contributed by atoms with Crippen LogP contribution in [0.1, 0.15) is 0 Å². The minimum absolute atomic E-state index is 1.28. The van der Waals surface area contributed by atoms with Gasteiger partial charge in [0, 0.05) is 0 Å². The zero-order valence-electron chi connectivity index (χ0n) is 28.2. The van der Waals surface area contributed by atoms with Crippen molar-refractivity contribution in [3.05, 3.63) is 170 Å². The van der Waals surface area contributed by atoms with Crippen LogP contribution in [0.5, 0.6) is 0 Å². The third kappa shape index (κ3) is 3.24. The molecule has 0 unspecified atom stereocenters. The van der Waals surface area contributed by atoms with E-state index < -0.39 is 0 Å². The van der Waals surface area contributed by atoms with Gasteiger partial charge < -0.3 is 0 Å². The van der Waals surface area contributed by atoms with Gasteiger partial charge in [0.1, 0.15) is 0 Å². The molecule has 0 radical (unpaired) electrons. The highest BCUT2D eigenvalue weighted by Crippen LogP contribution is 2.54. The van der Waals surface area contributed by atoms with E-state index in [2.05, 4.69) is 170 Å². The first-order valence-corrected chi connectivity index (χ1v) is 18.3. The summed E-state index contributed by atoms with van der Waals surface area (Å²) in [7, 11) is 0. The highest BCUT2D eigenvalue weighted by atomic mass is 14.3. The topological polar surface area (TPSA) is 0 Å². The lowest BCUT2D eigenvalue weighted by atomic mass is 9.89. The van der Waals surface area contributed by atoms with E-state index in [4.69, 9.17) is 0 Å². The van der Waals surface area contributed by atoms with Crippen LogP contribution in [0.2, 0.25) is 0 Å². The molecule has 236 valence electrons. The van der Waals surface area contributed by atoms with Crippen molar-refractivity contribution in [1.29, 1.82) is 0 Å². The second-order valence-electron chi connectivity index (χ2n) is 14.7. The molecule has 0 spiro atoms. The molecule has 0 fully saturated rings. The summed E-state index contributed by atoms with van der Waals surface area (Å²) >= 11 is 0. The fourth-order valence-corrected chi connectivity index (χ4v) is 10.2. The summed E-state index contributed by atoms with van der Waals surface area (Å²) in [5.74, 6) is 0. The number of hydrogen-bond donors (Lipinski definition) is 0. The van der Waals surface area contributed by atoms with Crippen molar-refractivity contribution in [2.24, 2.45) is 0 Å². The average Bonchev–Trinajstić information content (AvgIpc) is 3.73. The third-order valence-corrected chi connectivity index (χ3v) is 12.3. The maximum absolute atomic E-state index is 2.39.